The molecule has 15 nitrogen and oxygen atoms in total. The maximum Gasteiger partial charge on any atom is 0.335 e. The molecule has 4 aliphatic carbocycles. The van der Waals surface area contributed by atoms with Crippen LogP contribution in [0.2, 0.25) is 0 Å². The van der Waals surface area contributed by atoms with Crippen LogP contribution < -0.4 is 15.6 Å². The van der Waals surface area contributed by atoms with E-state index in [2.05, 4.69) is 16.9 Å². The highest BCUT2D eigenvalue weighted by atomic mass is 16.7. The van der Waals surface area contributed by atoms with Crippen molar-refractivity contribution >= 4 is 22.5 Å². The molecular formula is C44H54N2O13. The summed E-state index contributed by atoms with van der Waals surface area (Å²) in [5.74, 6) is -3.15. The Labute approximate surface area is 341 Å². The van der Waals surface area contributed by atoms with Crippen molar-refractivity contribution in [1.29, 1.82) is 0 Å². The molecule has 2 bridgehead atoms. The minimum absolute atomic E-state index is 0.0290. The van der Waals surface area contributed by atoms with Crippen LogP contribution in [0.4, 0.5) is 0 Å². The maximum atomic E-state index is 12.6. The second kappa shape index (κ2) is 13.7. The molecule has 0 radical (unpaired) electrons. The van der Waals surface area contributed by atoms with Gasteiger partial charge in [-0.05, 0) is 111 Å². The van der Waals surface area contributed by atoms with Gasteiger partial charge in [0, 0.05) is 47.1 Å². The molecular weight excluding hydrogens is 764 g/mol. The lowest BCUT2D eigenvalue weighted by Gasteiger charge is -2.72. The molecule has 3 saturated heterocycles. The van der Waals surface area contributed by atoms with E-state index in [0.717, 1.165) is 56.2 Å². The van der Waals surface area contributed by atoms with Crippen LogP contribution in [-0.2, 0) is 14.2 Å². The van der Waals surface area contributed by atoms with Crippen molar-refractivity contribution in [2.75, 3.05) is 33.0 Å². The zero-order valence-electron chi connectivity index (χ0n) is 33.3. The first-order valence-corrected chi connectivity index (χ1v) is 21.1. The van der Waals surface area contributed by atoms with E-state index in [-0.39, 0.29) is 81.4 Å². The van der Waals surface area contributed by atoms with Gasteiger partial charge >= 0.3 is 5.97 Å². The Morgan fingerprint density at radius 1 is 1.10 bits per heavy atom. The normalized spacial score (nSPS) is 40.6. The summed E-state index contributed by atoms with van der Waals surface area (Å²) in [7, 11) is 0. The number of benzene rings is 2. The third kappa shape index (κ3) is 5.26. The average molecular weight is 819 g/mol. The van der Waals surface area contributed by atoms with Crippen LogP contribution in [0.15, 0.2) is 34.9 Å². The Kier molecular flexibility index (Phi) is 9.16. The van der Waals surface area contributed by atoms with Gasteiger partial charge in [-0.1, -0.05) is 12.5 Å². The van der Waals surface area contributed by atoms with E-state index in [1.165, 1.54) is 25.0 Å². The zero-order chi connectivity index (χ0) is 41.4. The first kappa shape index (κ1) is 39.5. The highest BCUT2D eigenvalue weighted by Gasteiger charge is 2.74. The van der Waals surface area contributed by atoms with Crippen molar-refractivity contribution in [3.05, 3.63) is 51.6 Å². The number of hydrazine groups is 1. The summed E-state index contributed by atoms with van der Waals surface area (Å²) in [5, 5.41) is 78.2. The molecule has 12 unspecified atom stereocenters. The quantitative estimate of drug-likeness (QED) is 0.138. The fourth-order valence-electron chi connectivity index (χ4n) is 14.0. The second-order valence-electron chi connectivity index (χ2n) is 18.8. The third-order valence-corrected chi connectivity index (χ3v) is 16.1. The van der Waals surface area contributed by atoms with Gasteiger partial charge in [0.2, 0.25) is 6.29 Å². The number of allylic oxidation sites excluding steroid dienone is 1. The van der Waals surface area contributed by atoms with Gasteiger partial charge < -0.3 is 54.7 Å². The lowest BCUT2D eigenvalue weighted by molar-refractivity contribution is -0.327. The summed E-state index contributed by atoms with van der Waals surface area (Å²) in [4.78, 5) is 24.9. The number of aromatic carboxylic acids is 1. The van der Waals surface area contributed by atoms with Crippen LogP contribution in [0.1, 0.15) is 91.0 Å². The first-order chi connectivity index (χ1) is 28.3. The molecule has 2 aromatic rings. The zero-order valence-corrected chi connectivity index (χ0v) is 33.3. The molecule has 10 rings (SSSR count). The summed E-state index contributed by atoms with van der Waals surface area (Å²) >= 11 is 0. The maximum absolute atomic E-state index is 12.6. The molecule has 15 heteroatoms. The number of nitrogens with one attached hydrogen (secondary N) is 2. The Hall–Kier alpha value is -3.64. The Morgan fingerprint density at radius 3 is 2.66 bits per heavy atom. The van der Waals surface area contributed by atoms with Gasteiger partial charge in [-0.3, -0.25) is 15.6 Å². The van der Waals surface area contributed by atoms with E-state index >= 15 is 0 Å². The number of carboxylic acid groups (broad SMARTS) is 1. The minimum Gasteiger partial charge on any atom is -0.507 e. The topological polar surface area (TPSA) is 237 Å². The summed E-state index contributed by atoms with van der Waals surface area (Å²) < 4.78 is 26.0. The van der Waals surface area contributed by atoms with E-state index in [4.69, 9.17) is 18.9 Å². The van der Waals surface area contributed by atoms with Crippen LogP contribution in [-0.4, -0.2) is 122 Å². The van der Waals surface area contributed by atoms with Crippen LogP contribution in [0, 0.1) is 35.5 Å². The van der Waals surface area contributed by atoms with Crippen molar-refractivity contribution in [2.45, 2.75) is 113 Å². The number of fused-ring (bicyclic) bond motifs is 2. The fraction of sp³-hybridized carbons (Fsp3) is 0.636. The van der Waals surface area contributed by atoms with Gasteiger partial charge in [-0.2, -0.15) is 0 Å². The summed E-state index contributed by atoms with van der Waals surface area (Å²) in [5.41, 5.74) is 8.26. The van der Waals surface area contributed by atoms with Gasteiger partial charge in [0.05, 0.1) is 36.3 Å². The molecule has 59 heavy (non-hydrogen) atoms. The van der Waals surface area contributed by atoms with E-state index < -0.39 is 65.6 Å². The Bertz CT molecular complexity index is 2200. The van der Waals surface area contributed by atoms with Crippen molar-refractivity contribution in [1.82, 2.24) is 10.9 Å². The number of carboxylic acids is 1. The summed E-state index contributed by atoms with van der Waals surface area (Å²) in [6.07, 6.45) is 3.25. The number of ether oxygens (including phenoxy) is 4. The molecule has 4 aliphatic heterocycles. The van der Waals surface area contributed by atoms with E-state index in [1.807, 2.05) is 0 Å². The van der Waals surface area contributed by atoms with Crippen LogP contribution >= 0.6 is 0 Å². The number of Topliss-reactive ketones (excluding diaryl/α,β-unsaturated/α-hetero) is 1. The largest absolute Gasteiger partial charge is 0.507 e. The minimum atomic E-state index is -1.81. The van der Waals surface area contributed by atoms with Crippen molar-refractivity contribution in [3.8, 4) is 17.2 Å². The van der Waals surface area contributed by atoms with E-state index in [9.17, 15) is 45.3 Å². The van der Waals surface area contributed by atoms with Crippen molar-refractivity contribution in [2.24, 2.45) is 28.6 Å². The van der Waals surface area contributed by atoms with Crippen molar-refractivity contribution < 1.29 is 64.3 Å². The van der Waals surface area contributed by atoms with Crippen LogP contribution in [0.25, 0.3) is 10.8 Å². The van der Waals surface area contributed by atoms with Gasteiger partial charge in [-0.25, -0.2) is 4.79 Å². The van der Waals surface area contributed by atoms with Gasteiger partial charge in [-0.15, -0.1) is 0 Å². The van der Waals surface area contributed by atoms with Crippen molar-refractivity contribution in [3.63, 3.8) is 0 Å². The molecule has 6 fully saturated rings. The molecule has 0 aromatic heterocycles. The third-order valence-electron chi connectivity index (χ3n) is 16.1. The molecule has 2 aromatic carbocycles. The summed E-state index contributed by atoms with van der Waals surface area (Å²) in [6.45, 7) is 3.35. The van der Waals surface area contributed by atoms with Gasteiger partial charge in [0.15, 0.2) is 5.78 Å². The number of carbonyl (C=O) groups excluding carboxylic acids is 1. The molecule has 0 amide bonds. The number of aliphatic hydroxyl groups excluding tert-OH is 4. The summed E-state index contributed by atoms with van der Waals surface area (Å²) in [6, 6.07) is 2.53. The van der Waals surface area contributed by atoms with Crippen LogP contribution in [0.5, 0.6) is 17.2 Å². The SMILES string of the molecule is CC(=O)c1c(C)c(O)c2cc(C(=O)O)cc(OC3OC(CO)C4(CC5C6=C(CC=C6C6(CCCO)COCC7CC89CCCC8NNC5(C9)C76)CO4)C(O)C3O)c2c1O. The smallest absolute Gasteiger partial charge is 0.335 e. The Balaban J connectivity index is 1.06. The monoisotopic (exact) mass is 818 g/mol. The number of aliphatic hydroxyl groups is 4. The average Bonchev–Trinajstić information content (AvgIpc) is 3.78. The highest BCUT2D eigenvalue weighted by molar-refractivity contribution is 6.11. The number of phenols is 2. The number of carbonyl (C=O) groups is 2. The number of phenolic OH excluding ortho intramolecular Hbond substituents is 2. The highest BCUT2D eigenvalue weighted by Crippen LogP contribution is 2.72. The van der Waals surface area contributed by atoms with Gasteiger partial charge in [0.25, 0.3) is 0 Å². The van der Waals surface area contributed by atoms with E-state index in [0.29, 0.717) is 32.1 Å². The van der Waals surface area contributed by atoms with E-state index in [1.54, 1.807) is 0 Å². The number of ketones is 1. The van der Waals surface area contributed by atoms with Crippen LogP contribution in [0.3, 0.4) is 0 Å². The number of hydrogen-bond donors (Lipinski definition) is 9. The molecule has 8 aliphatic rings. The Morgan fingerprint density at radius 2 is 1.92 bits per heavy atom. The molecule has 3 saturated carbocycles. The predicted octanol–water partition coefficient (Wildman–Crippen LogP) is 2.89. The molecule has 318 valence electrons. The number of rotatable bonds is 8. The second-order valence-corrected chi connectivity index (χ2v) is 18.8. The standard InChI is InChI=1S/C44H54N2O13/c1-20-31(21(2)49)35(51)33-25(34(20)50)11-23(39(54)55)12-28(33)58-40-36(52)38(53)44(30(15-48)59-40)14-27-32-22(17-57-44)6-7-26(32)42(9-4-10-47)19-56-16-24-13-41-8-3-5-29(41)45-46-43(27,18-41)37(24)42/h7,11-12,24,27,29-30,36-38,40,45-48,50-53H,3-6,8-10,13-19H2,1-2H3,(H,54,55). The molecule has 12 atom stereocenters. The molecule has 4 heterocycles. The first-order valence-electron chi connectivity index (χ1n) is 21.1. The fourth-order valence-corrected chi connectivity index (χ4v) is 14.0. The molecule has 9 N–H and O–H groups in total. The molecule has 3 spiro atoms. The number of aromatic hydroxyl groups is 2. The lowest BCUT2D eigenvalue weighted by atomic mass is 9.39. The predicted molar refractivity (Wildman–Crippen MR) is 209 cm³/mol. The lowest BCUT2D eigenvalue weighted by Crippen LogP contribution is -2.81. The number of hydrogen-bond acceptors (Lipinski definition) is 14. The van der Waals surface area contributed by atoms with Gasteiger partial charge in [0.1, 0.15) is 41.2 Å².